The van der Waals surface area contributed by atoms with E-state index in [1.807, 2.05) is 13.8 Å². The number of benzene rings is 5. The summed E-state index contributed by atoms with van der Waals surface area (Å²) in [7, 11) is 1.50. The minimum atomic E-state index is -2.24. The standard InChI is InChI=1S/C71H83Cl2N7O24/c1-27(2)14-41(76-7)67(94)79-56-44(84)18-34(21-51(74)86)65(92)77-54-33-19-48(100-46-12-9-31(58(56)87)16-39(46)72)62(104-70-63(61(90)60(89)50(102-70)26-98-28(3)4)103-52-25-71(6,75)64(91)29(5)99-52)49(20-33)101-47-13-10-32(17-40(47)73)59(88)57-68(95)78-55(69(96)97)38-22-35(81)23-43(83)53(38)37-15-30(8-11-42(37)82)36(24-45(54)85)66(93)80-57/h8-13,15-17,19-20,22-23,27-29,34,36,41,50,52,54-61,63-64,70,76,81-83,87-91H,14,18,21,24-26,75H2,1-7H3,(H2,74,86)(H,77,92)(H,78,95)(H,79,94)(H,80,93)(H,96,97)/t29-,34-,36+,41+,50+,52-,54+,55+,56?,57-,58+,59+,60+,61-,63+,64+,70-,71-/m0/s1. The molecule has 104 heavy (non-hydrogen) atoms. The first-order chi connectivity index (χ1) is 49.0. The molecular formula is C71H83Cl2N7O24. The Morgan fingerprint density at radius 2 is 1.37 bits per heavy atom. The number of carboxylic acid groups (broad SMARTS) is 1. The minimum absolute atomic E-state index is 0.0733. The van der Waals surface area contributed by atoms with Gasteiger partial charge in [0.15, 0.2) is 41.5 Å². The van der Waals surface area contributed by atoms with Gasteiger partial charge in [0.1, 0.15) is 77.4 Å². The van der Waals surface area contributed by atoms with Crippen LogP contribution in [0, 0.1) is 11.8 Å². The first-order valence-electron chi connectivity index (χ1n) is 33.4. The largest absolute Gasteiger partial charge is 0.508 e. The molecule has 18 atom stereocenters. The molecule has 18 N–H and O–H groups in total. The van der Waals surface area contributed by atoms with E-state index in [0.29, 0.717) is 0 Å². The molecule has 0 aliphatic carbocycles. The van der Waals surface area contributed by atoms with Crippen molar-refractivity contribution >= 4 is 70.3 Å². The molecule has 560 valence electrons. The number of aliphatic hydroxyl groups is 5. The van der Waals surface area contributed by atoms with E-state index >= 15 is 19.2 Å². The lowest BCUT2D eigenvalue weighted by Gasteiger charge is -2.47. The first-order valence-corrected chi connectivity index (χ1v) is 34.2. The van der Waals surface area contributed by atoms with Crippen LogP contribution in [0.15, 0.2) is 78.9 Å². The fourth-order valence-electron chi connectivity index (χ4n) is 13.3. The van der Waals surface area contributed by atoms with Crippen molar-refractivity contribution < 1.29 is 117 Å². The summed E-state index contributed by atoms with van der Waals surface area (Å²) in [6.07, 6.45) is -20.1. The van der Waals surface area contributed by atoms with Gasteiger partial charge >= 0.3 is 5.97 Å². The molecule has 0 radical (unpaired) electrons. The number of carbonyl (C=O) groups excluding carboxylic acids is 7. The number of rotatable bonds is 15. The summed E-state index contributed by atoms with van der Waals surface area (Å²) in [5.41, 5.74) is 8.66. The SMILES string of the molecule is CN[C@H](CC(C)C)C(=O)NC1C(=O)C[C@@H](CC(N)=O)C(=O)N[C@H]2C(=O)C[C@H]3C(=O)N[C@H](C(=O)N[C@@H](C(=O)O)c4cc(O)cc(O)c4-c4cc3ccc4O)[C@H](O)c3ccc(c(Cl)c3)Oc3cc2cc(c3O[C@@H]2O[C@H](COC(C)C)[C@@H](O)[C@H](O)[C@H]2O[C@H]2C[C@](C)(N)[C@H](O)[C@H](C)O2)Oc2ccc(cc2Cl)[C@H]1O. The molecule has 12 rings (SSSR count). The van der Waals surface area contributed by atoms with Gasteiger partial charge in [0.2, 0.25) is 41.6 Å². The van der Waals surface area contributed by atoms with E-state index in [-0.39, 0.29) is 64.1 Å². The maximum atomic E-state index is 16.2. The summed E-state index contributed by atoms with van der Waals surface area (Å²) in [6.45, 7) is 9.76. The number of phenolic OH excluding ortho intramolecular Hbond substituents is 3. The van der Waals surface area contributed by atoms with Gasteiger partial charge in [-0.1, -0.05) is 55.2 Å². The van der Waals surface area contributed by atoms with Gasteiger partial charge in [-0.25, -0.2) is 4.79 Å². The van der Waals surface area contributed by atoms with Crippen molar-refractivity contribution in [2.24, 2.45) is 23.3 Å². The highest BCUT2D eigenvalue weighted by molar-refractivity contribution is 6.32. The Balaban J connectivity index is 1.25. The average Bonchev–Trinajstić information content (AvgIpc) is 0.768. The van der Waals surface area contributed by atoms with Gasteiger partial charge in [0.25, 0.3) is 0 Å². The fourth-order valence-corrected chi connectivity index (χ4v) is 13.7. The van der Waals surface area contributed by atoms with Crippen molar-refractivity contribution in [3.05, 3.63) is 117 Å². The zero-order valence-electron chi connectivity index (χ0n) is 57.3. The smallest absolute Gasteiger partial charge is 0.330 e. The number of primary amides is 1. The van der Waals surface area contributed by atoms with Crippen LogP contribution in [0.1, 0.15) is 132 Å². The Labute approximate surface area is 605 Å². The number of likely N-dealkylation sites (N-methyl/N-ethyl adjacent to an activating group) is 1. The van der Waals surface area contributed by atoms with Crippen molar-refractivity contribution in [3.8, 4) is 57.1 Å². The van der Waals surface area contributed by atoms with Gasteiger partial charge in [-0.15, -0.1) is 0 Å². The third-order valence-corrected chi connectivity index (χ3v) is 19.4. The van der Waals surface area contributed by atoms with E-state index in [9.17, 15) is 65.1 Å². The van der Waals surface area contributed by atoms with Crippen LogP contribution >= 0.6 is 23.2 Å². The number of aliphatic carboxylic acids is 1. The summed E-state index contributed by atoms with van der Waals surface area (Å²) < 4.78 is 45.1. The first kappa shape index (κ1) is 77.8. The second-order valence-corrected chi connectivity index (χ2v) is 28.3. The van der Waals surface area contributed by atoms with E-state index in [0.717, 1.165) is 54.6 Å². The van der Waals surface area contributed by atoms with Crippen molar-refractivity contribution in [1.29, 1.82) is 0 Å². The normalized spacial score (nSPS) is 29.1. The zero-order valence-corrected chi connectivity index (χ0v) is 58.8. The number of ketones is 2. The number of fused-ring (bicyclic) bond motifs is 15. The molecule has 0 spiro atoms. The molecule has 5 amide bonds. The molecule has 7 aliphatic heterocycles. The number of halogens is 2. The molecule has 33 heteroatoms. The molecule has 5 aromatic carbocycles. The predicted octanol–water partition coefficient (Wildman–Crippen LogP) is 3.52. The van der Waals surface area contributed by atoms with E-state index in [4.69, 9.17) is 67.8 Å². The van der Waals surface area contributed by atoms with Gasteiger partial charge in [0.05, 0.1) is 52.8 Å². The lowest BCUT2D eigenvalue weighted by atomic mass is 9.84. The topological polar surface area (TPSA) is 495 Å². The van der Waals surface area contributed by atoms with Crippen molar-refractivity contribution in [1.82, 2.24) is 26.6 Å². The number of hydrogen-bond acceptors (Lipinski definition) is 25. The highest BCUT2D eigenvalue weighted by Crippen LogP contribution is 2.50. The second kappa shape index (κ2) is 31.9. The lowest BCUT2D eigenvalue weighted by molar-refractivity contribution is -0.335. The summed E-state index contributed by atoms with van der Waals surface area (Å²) >= 11 is 14.3. The van der Waals surface area contributed by atoms with Crippen LogP contribution in [-0.2, 0) is 57.3 Å². The number of nitrogens with one attached hydrogen (secondary N) is 5. The molecule has 2 fully saturated rings. The lowest BCUT2D eigenvalue weighted by Crippen LogP contribution is -2.64. The highest BCUT2D eigenvalue weighted by atomic mass is 35.5. The van der Waals surface area contributed by atoms with Crippen LogP contribution in [0.4, 0.5) is 0 Å². The predicted molar refractivity (Wildman–Crippen MR) is 366 cm³/mol. The molecular weight excluding hydrogens is 1410 g/mol. The fraction of sp³-hybridized carbons (Fsp3) is 0.465. The van der Waals surface area contributed by atoms with Crippen molar-refractivity contribution in [3.63, 3.8) is 0 Å². The van der Waals surface area contributed by atoms with Crippen LogP contribution in [0.3, 0.4) is 0 Å². The number of aromatic hydroxyl groups is 3. The monoisotopic (exact) mass is 1490 g/mol. The number of carboxylic acids is 1. The van der Waals surface area contributed by atoms with Gasteiger partial charge in [-0.3, -0.25) is 33.6 Å². The third-order valence-electron chi connectivity index (χ3n) is 18.8. The number of amides is 5. The summed E-state index contributed by atoms with van der Waals surface area (Å²) in [5.74, 6) is -18.2. The molecule has 7 aliphatic rings. The highest BCUT2D eigenvalue weighted by Gasteiger charge is 2.52. The van der Waals surface area contributed by atoms with Crippen molar-refractivity contribution in [2.75, 3.05) is 13.7 Å². The second-order valence-electron chi connectivity index (χ2n) is 27.5. The molecule has 5 aromatic rings. The maximum Gasteiger partial charge on any atom is 0.330 e. The Bertz CT molecular complexity index is 4140. The Morgan fingerprint density at radius 3 is 1.95 bits per heavy atom. The van der Waals surface area contributed by atoms with Crippen LogP contribution in [0.2, 0.25) is 10.0 Å². The van der Waals surface area contributed by atoms with Gasteiger partial charge in [0, 0.05) is 54.0 Å². The number of hydrogen-bond donors (Lipinski definition) is 16. The van der Waals surface area contributed by atoms with E-state index < -0.39 is 238 Å². The zero-order chi connectivity index (χ0) is 75.8. The Hall–Kier alpha value is -8.80. The maximum absolute atomic E-state index is 16.2. The number of aliphatic hydroxyl groups excluding tert-OH is 5. The van der Waals surface area contributed by atoms with E-state index in [1.54, 1.807) is 13.8 Å². The quantitative estimate of drug-likeness (QED) is 0.0713. The Morgan fingerprint density at radius 1 is 0.731 bits per heavy atom. The number of phenols is 3. The van der Waals surface area contributed by atoms with Crippen LogP contribution in [0.25, 0.3) is 11.1 Å². The van der Waals surface area contributed by atoms with E-state index in [2.05, 4.69) is 26.6 Å². The van der Waals surface area contributed by atoms with Crippen LogP contribution in [0.5, 0.6) is 46.0 Å². The number of ether oxygens (including phenoxy) is 7. The van der Waals surface area contributed by atoms with Crippen molar-refractivity contribution in [2.45, 2.75) is 183 Å². The molecule has 11 bridgehead atoms. The van der Waals surface area contributed by atoms with Gasteiger partial charge < -0.3 is 117 Å². The number of carbonyl (C=O) groups is 8. The molecule has 1 unspecified atom stereocenters. The molecule has 2 saturated heterocycles. The van der Waals surface area contributed by atoms with Gasteiger partial charge in [-0.05, 0) is 124 Å². The average molecular weight is 1490 g/mol. The van der Waals surface area contributed by atoms with Gasteiger partial charge in [-0.2, -0.15) is 0 Å². The molecule has 0 aromatic heterocycles. The minimum Gasteiger partial charge on any atom is -0.508 e. The molecule has 31 nitrogen and oxygen atoms in total. The summed E-state index contributed by atoms with van der Waals surface area (Å²) in [5, 5.41) is 117. The molecule has 0 saturated carbocycles. The van der Waals surface area contributed by atoms with Crippen LogP contribution in [-0.4, -0.2) is 186 Å². The van der Waals surface area contributed by atoms with E-state index in [1.165, 1.54) is 45.2 Å². The Kier molecular flexibility index (Phi) is 23.9. The van der Waals surface area contributed by atoms with Crippen LogP contribution < -0.4 is 52.3 Å². The summed E-state index contributed by atoms with van der Waals surface area (Å²) in [6, 6.07) is 4.87. The molecule has 7 heterocycles. The summed E-state index contributed by atoms with van der Waals surface area (Å²) in [4.78, 5) is 118. The number of nitrogens with two attached hydrogens (primary N) is 2. The number of Topliss-reactive ketones (excluding diaryl/α,β-unsaturated/α-hetero) is 2. The third kappa shape index (κ3) is 16.9.